The van der Waals surface area contributed by atoms with Crippen LogP contribution in [0.5, 0.6) is 0 Å². The topological polar surface area (TPSA) is 62.5 Å². The molecule has 0 unspecified atom stereocenters. The lowest BCUT2D eigenvalue weighted by molar-refractivity contribution is 1.07. The maximum Gasteiger partial charge on any atom is 0.178 e. The monoisotopic (exact) mass is 314 g/mol. The third-order valence-corrected chi connectivity index (χ3v) is 3.12. The summed E-state index contributed by atoms with van der Waals surface area (Å²) >= 11 is 3.58. The van der Waals surface area contributed by atoms with E-state index in [4.69, 9.17) is 5.26 Å². The minimum absolute atomic E-state index is 0.549. The molecular formula is C8H3IN4S. The molecule has 0 atom stereocenters. The van der Waals surface area contributed by atoms with Crippen LogP contribution in [0.2, 0.25) is 0 Å². The highest BCUT2D eigenvalue weighted by molar-refractivity contribution is 14.1. The quantitative estimate of drug-likeness (QED) is 0.756. The van der Waals surface area contributed by atoms with E-state index in [9.17, 15) is 0 Å². The highest BCUT2D eigenvalue weighted by atomic mass is 127. The molecule has 0 saturated carbocycles. The molecular weight excluding hydrogens is 311 g/mol. The fourth-order valence-electron chi connectivity index (χ4n) is 0.895. The molecule has 6 heteroatoms. The summed E-state index contributed by atoms with van der Waals surface area (Å²) in [6, 6.07) is 5.51. The van der Waals surface area contributed by atoms with Gasteiger partial charge in [0.25, 0.3) is 0 Å². The number of nitrogens with zero attached hydrogens (tertiary/aromatic N) is 4. The van der Waals surface area contributed by atoms with Gasteiger partial charge < -0.3 is 0 Å². The maximum atomic E-state index is 8.59. The summed E-state index contributed by atoms with van der Waals surface area (Å²) in [5, 5.41) is 17.2. The number of rotatable bonds is 1. The molecule has 14 heavy (non-hydrogen) atoms. The first kappa shape index (κ1) is 9.48. The van der Waals surface area contributed by atoms with Gasteiger partial charge in [-0.05, 0) is 34.7 Å². The average Bonchev–Trinajstić information content (AvgIpc) is 2.65. The predicted octanol–water partition coefficient (Wildman–Crippen LogP) is 2.08. The Morgan fingerprint density at radius 3 is 2.71 bits per heavy atom. The summed E-state index contributed by atoms with van der Waals surface area (Å²) in [6.45, 7) is 0. The fourth-order valence-corrected chi connectivity index (χ4v) is 2.18. The first-order chi connectivity index (χ1) is 6.79. The summed E-state index contributed by atoms with van der Waals surface area (Å²) < 4.78 is 0.878. The fraction of sp³-hybridized carbons (Fsp3) is 0. The van der Waals surface area contributed by atoms with Crippen molar-refractivity contribution in [2.75, 3.05) is 0 Å². The second-order valence-corrected chi connectivity index (χ2v) is 5.14. The minimum Gasteiger partial charge on any atom is -0.252 e. The zero-order chi connectivity index (χ0) is 9.97. The Kier molecular flexibility index (Phi) is 2.69. The molecule has 0 N–H and O–H groups in total. The molecule has 0 aliphatic rings. The zero-order valence-corrected chi connectivity index (χ0v) is 9.78. The van der Waals surface area contributed by atoms with E-state index in [0.717, 1.165) is 13.7 Å². The summed E-state index contributed by atoms with van der Waals surface area (Å²) in [4.78, 5) is 4.12. The number of pyridine rings is 1. The number of hydrogen-bond acceptors (Lipinski definition) is 5. The zero-order valence-electron chi connectivity index (χ0n) is 6.81. The van der Waals surface area contributed by atoms with Crippen molar-refractivity contribution in [3.63, 3.8) is 0 Å². The Balaban J connectivity index is 2.39. The first-order valence-corrected chi connectivity index (χ1v) is 5.54. The second kappa shape index (κ2) is 3.98. The van der Waals surface area contributed by atoms with Gasteiger partial charge in [0.1, 0.15) is 11.8 Å². The standard InChI is InChI=1S/C8H3IN4S/c9-8-13-12-7(14-8)6-2-1-5(3-10)4-11-6/h1-2,4H. The van der Waals surface area contributed by atoms with Crippen molar-refractivity contribution in [2.24, 2.45) is 0 Å². The van der Waals surface area contributed by atoms with Gasteiger partial charge in [0, 0.05) is 6.20 Å². The second-order valence-electron chi connectivity index (χ2n) is 2.40. The summed E-state index contributed by atoms with van der Waals surface area (Å²) in [5.74, 6) is 0. The minimum atomic E-state index is 0.549. The smallest absolute Gasteiger partial charge is 0.178 e. The van der Waals surface area contributed by atoms with E-state index in [-0.39, 0.29) is 0 Å². The lowest BCUT2D eigenvalue weighted by atomic mass is 10.3. The highest BCUT2D eigenvalue weighted by Gasteiger charge is 2.05. The van der Waals surface area contributed by atoms with Crippen LogP contribution in [-0.2, 0) is 0 Å². The molecule has 0 aliphatic carbocycles. The SMILES string of the molecule is N#Cc1ccc(-c2nnc(I)s2)nc1. The highest BCUT2D eigenvalue weighted by Crippen LogP contribution is 2.22. The lowest BCUT2D eigenvalue weighted by Crippen LogP contribution is -1.83. The molecule has 2 heterocycles. The van der Waals surface area contributed by atoms with Gasteiger partial charge in [-0.2, -0.15) is 5.26 Å². The van der Waals surface area contributed by atoms with Crippen LogP contribution in [0.4, 0.5) is 0 Å². The summed E-state index contributed by atoms with van der Waals surface area (Å²) in [7, 11) is 0. The van der Waals surface area contributed by atoms with Gasteiger partial charge in [0.05, 0.1) is 5.56 Å². The van der Waals surface area contributed by atoms with Crippen LogP contribution in [0.25, 0.3) is 10.7 Å². The van der Waals surface area contributed by atoms with Crippen LogP contribution in [0, 0.1) is 14.3 Å². The molecule has 2 rings (SSSR count). The molecule has 0 aliphatic heterocycles. The molecule has 0 spiro atoms. The van der Waals surface area contributed by atoms with Crippen LogP contribution in [0.1, 0.15) is 5.56 Å². The van der Waals surface area contributed by atoms with E-state index in [1.54, 1.807) is 12.1 Å². The van der Waals surface area contributed by atoms with E-state index in [2.05, 4.69) is 37.8 Å². The molecule has 2 aromatic rings. The van der Waals surface area contributed by atoms with Gasteiger partial charge in [-0.1, -0.05) is 11.3 Å². The van der Waals surface area contributed by atoms with E-state index < -0.39 is 0 Å². The van der Waals surface area contributed by atoms with Crippen molar-refractivity contribution in [1.82, 2.24) is 15.2 Å². The van der Waals surface area contributed by atoms with Gasteiger partial charge in [-0.3, -0.25) is 4.98 Å². The molecule has 0 amide bonds. The summed E-state index contributed by atoms with van der Waals surface area (Å²) in [5.41, 5.74) is 1.30. The van der Waals surface area contributed by atoms with E-state index in [0.29, 0.717) is 5.56 Å². The lowest BCUT2D eigenvalue weighted by Gasteiger charge is -1.92. The van der Waals surface area contributed by atoms with Crippen LogP contribution < -0.4 is 0 Å². The van der Waals surface area contributed by atoms with Crippen molar-refractivity contribution in [1.29, 1.82) is 5.26 Å². The third kappa shape index (κ3) is 1.88. The van der Waals surface area contributed by atoms with Gasteiger partial charge in [0.2, 0.25) is 0 Å². The normalized spacial score (nSPS) is 9.71. The Labute approximate surface area is 97.8 Å². The molecule has 0 saturated heterocycles. The Bertz CT molecular complexity index is 485. The van der Waals surface area contributed by atoms with Crippen molar-refractivity contribution in [3.8, 4) is 16.8 Å². The number of halogens is 1. The van der Waals surface area contributed by atoms with Crippen molar-refractivity contribution >= 4 is 33.9 Å². The van der Waals surface area contributed by atoms with Crippen molar-refractivity contribution < 1.29 is 0 Å². The largest absolute Gasteiger partial charge is 0.252 e. The number of aromatic nitrogens is 3. The van der Waals surface area contributed by atoms with Crippen LogP contribution >= 0.6 is 33.9 Å². The Morgan fingerprint density at radius 1 is 1.36 bits per heavy atom. The first-order valence-electron chi connectivity index (χ1n) is 3.65. The Hall–Kier alpha value is -1.07. The molecule has 68 valence electrons. The van der Waals surface area contributed by atoms with Gasteiger partial charge in [-0.15, -0.1) is 10.2 Å². The van der Waals surface area contributed by atoms with Gasteiger partial charge >= 0.3 is 0 Å². The van der Waals surface area contributed by atoms with Crippen LogP contribution in [-0.4, -0.2) is 15.2 Å². The number of nitriles is 1. The Morgan fingerprint density at radius 2 is 2.21 bits per heavy atom. The third-order valence-electron chi connectivity index (χ3n) is 1.51. The van der Waals surface area contributed by atoms with Gasteiger partial charge in [-0.25, -0.2) is 0 Å². The molecule has 4 nitrogen and oxygen atoms in total. The molecule has 0 bridgehead atoms. The molecule has 2 aromatic heterocycles. The molecule has 0 aromatic carbocycles. The molecule has 0 radical (unpaired) electrons. The maximum absolute atomic E-state index is 8.59. The van der Waals surface area contributed by atoms with E-state index in [1.807, 2.05) is 6.07 Å². The van der Waals surface area contributed by atoms with Crippen LogP contribution in [0.15, 0.2) is 18.3 Å². The number of hydrogen-bond donors (Lipinski definition) is 0. The molecule has 0 fully saturated rings. The van der Waals surface area contributed by atoms with Crippen LogP contribution in [0.3, 0.4) is 0 Å². The van der Waals surface area contributed by atoms with Crippen molar-refractivity contribution in [2.45, 2.75) is 0 Å². The van der Waals surface area contributed by atoms with E-state index in [1.165, 1.54) is 17.5 Å². The van der Waals surface area contributed by atoms with Crippen molar-refractivity contribution in [3.05, 3.63) is 26.9 Å². The summed E-state index contributed by atoms with van der Waals surface area (Å²) in [6.07, 6.45) is 1.53. The van der Waals surface area contributed by atoms with Gasteiger partial charge in [0.15, 0.2) is 8.02 Å². The average molecular weight is 314 g/mol. The predicted molar refractivity (Wildman–Crippen MR) is 60.6 cm³/mol. The van der Waals surface area contributed by atoms with E-state index >= 15 is 0 Å².